The number of aliphatic hydroxyl groups is 1. The molecule has 2 atom stereocenters. The van der Waals surface area contributed by atoms with E-state index in [2.05, 4.69) is 10.3 Å². The molecule has 0 aromatic carbocycles. The number of thiazole rings is 1. The molecule has 0 saturated heterocycles. The summed E-state index contributed by atoms with van der Waals surface area (Å²) in [6, 6.07) is 3.55. The maximum absolute atomic E-state index is 12.2. The zero-order valence-electron chi connectivity index (χ0n) is 13.8. The molecule has 2 aromatic heterocycles. The highest BCUT2D eigenvalue weighted by Crippen LogP contribution is 2.25. The van der Waals surface area contributed by atoms with Crippen LogP contribution in [-0.2, 0) is 6.54 Å². The van der Waals surface area contributed by atoms with E-state index in [4.69, 9.17) is 4.42 Å². The quantitative estimate of drug-likeness (QED) is 0.869. The Morgan fingerprint density at radius 3 is 3.08 bits per heavy atom. The first-order chi connectivity index (χ1) is 11.6. The first-order valence-electron chi connectivity index (χ1n) is 8.29. The first kappa shape index (κ1) is 17.0. The Morgan fingerprint density at radius 2 is 2.33 bits per heavy atom. The SMILES string of the molecule is CN(C[C@@H]1CCCC[C@@H]1O)C(=O)NCc1csc(-c2ccco2)n1. The number of nitrogens with zero attached hydrogens (tertiary/aromatic N) is 2. The lowest BCUT2D eigenvalue weighted by molar-refractivity contribution is 0.0565. The van der Waals surface area contributed by atoms with Crippen LogP contribution in [0.4, 0.5) is 4.79 Å². The van der Waals surface area contributed by atoms with Crippen LogP contribution in [-0.4, -0.2) is 40.7 Å². The van der Waals surface area contributed by atoms with Gasteiger partial charge in [0.25, 0.3) is 0 Å². The van der Waals surface area contributed by atoms with Gasteiger partial charge in [-0.2, -0.15) is 0 Å². The molecule has 1 fully saturated rings. The van der Waals surface area contributed by atoms with Gasteiger partial charge in [0.1, 0.15) is 0 Å². The van der Waals surface area contributed by atoms with Gasteiger partial charge in [0.2, 0.25) is 0 Å². The monoisotopic (exact) mass is 349 g/mol. The predicted molar refractivity (Wildman–Crippen MR) is 92.6 cm³/mol. The van der Waals surface area contributed by atoms with Crippen LogP contribution >= 0.6 is 11.3 Å². The number of carbonyl (C=O) groups excluding carboxylic acids is 1. The fourth-order valence-electron chi connectivity index (χ4n) is 3.04. The van der Waals surface area contributed by atoms with Crippen molar-refractivity contribution < 1.29 is 14.3 Å². The highest BCUT2D eigenvalue weighted by molar-refractivity contribution is 7.13. The van der Waals surface area contributed by atoms with Crippen molar-refractivity contribution in [1.82, 2.24) is 15.2 Å². The van der Waals surface area contributed by atoms with Crippen molar-refractivity contribution >= 4 is 17.4 Å². The number of aliphatic hydroxyl groups excluding tert-OH is 1. The minimum atomic E-state index is -0.289. The van der Waals surface area contributed by atoms with E-state index in [1.807, 2.05) is 17.5 Å². The second-order valence-electron chi connectivity index (χ2n) is 6.27. The Kier molecular flexibility index (Phi) is 5.52. The number of carbonyl (C=O) groups is 1. The van der Waals surface area contributed by atoms with Crippen molar-refractivity contribution in [3.63, 3.8) is 0 Å². The van der Waals surface area contributed by atoms with Crippen molar-refractivity contribution in [2.45, 2.75) is 38.3 Å². The molecule has 0 radical (unpaired) electrons. The fraction of sp³-hybridized carbons (Fsp3) is 0.529. The standard InChI is InChI=1S/C17H23N3O3S/c1-20(10-12-5-2-3-6-14(12)21)17(22)18-9-13-11-24-16(19-13)15-7-4-8-23-15/h4,7-8,11-12,14,21H,2-3,5-6,9-10H2,1H3,(H,18,22)/t12-,14-/m0/s1. The third kappa shape index (κ3) is 4.15. The van der Waals surface area contributed by atoms with Crippen LogP contribution in [0.5, 0.6) is 0 Å². The lowest BCUT2D eigenvalue weighted by atomic mass is 9.86. The van der Waals surface area contributed by atoms with Gasteiger partial charge in [0, 0.05) is 24.9 Å². The largest absolute Gasteiger partial charge is 0.462 e. The highest BCUT2D eigenvalue weighted by atomic mass is 32.1. The second kappa shape index (κ2) is 7.81. The van der Waals surface area contributed by atoms with E-state index in [0.717, 1.165) is 42.1 Å². The fourth-order valence-corrected chi connectivity index (χ4v) is 3.82. The summed E-state index contributed by atoms with van der Waals surface area (Å²) in [6.45, 7) is 0.968. The van der Waals surface area contributed by atoms with Gasteiger partial charge >= 0.3 is 6.03 Å². The Hall–Kier alpha value is -1.86. The third-order valence-electron chi connectivity index (χ3n) is 4.43. The summed E-state index contributed by atoms with van der Waals surface area (Å²) < 4.78 is 5.32. The van der Waals surface area contributed by atoms with Gasteiger partial charge in [0.05, 0.1) is 24.6 Å². The van der Waals surface area contributed by atoms with Crippen molar-refractivity contribution in [3.05, 3.63) is 29.5 Å². The van der Waals surface area contributed by atoms with E-state index in [1.54, 1.807) is 18.2 Å². The number of urea groups is 1. The van der Waals surface area contributed by atoms with Crippen LogP contribution in [0.2, 0.25) is 0 Å². The number of furan rings is 1. The summed E-state index contributed by atoms with van der Waals surface area (Å²) in [5.74, 6) is 0.917. The lowest BCUT2D eigenvalue weighted by Crippen LogP contribution is -2.42. The molecule has 2 heterocycles. The molecular formula is C17H23N3O3S. The van der Waals surface area contributed by atoms with Crippen molar-refractivity contribution in [1.29, 1.82) is 0 Å². The highest BCUT2D eigenvalue weighted by Gasteiger charge is 2.25. The van der Waals surface area contributed by atoms with E-state index >= 15 is 0 Å². The molecule has 0 aliphatic heterocycles. The minimum absolute atomic E-state index is 0.139. The van der Waals surface area contributed by atoms with Gasteiger partial charge in [-0.05, 0) is 25.0 Å². The maximum atomic E-state index is 12.2. The lowest BCUT2D eigenvalue weighted by Gasteiger charge is -2.31. The maximum Gasteiger partial charge on any atom is 0.317 e. The molecule has 6 nitrogen and oxygen atoms in total. The van der Waals surface area contributed by atoms with Gasteiger partial charge in [-0.1, -0.05) is 12.8 Å². The zero-order chi connectivity index (χ0) is 16.9. The topological polar surface area (TPSA) is 78.6 Å². The van der Waals surface area contributed by atoms with Crippen LogP contribution in [0, 0.1) is 5.92 Å². The number of hydrogen-bond acceptors (Lipinski definition) is 5. The number of aromatic nitrogens is 1. The van der Waals surface area contributed by atoms with Crippen molar-refractivity contribution in [3.8, 4) is 10.8 Å². The van der Waals surface area contributed by atoms with Gasteiger partial charge in [-0.15, -0.1) is 11.3 Å². The van der Waals surface area contributed by atoms with Crippen LogP contribution in [0.1, 0.15) is 31.4 Å². The van der Waals surface area contributed by atoms with Crippen LogP contribution in [0.15, 0.2) is 28.2 Å². The van der Waals surface area contributed by atoms with E-state index < -0.39 is 0 Å². The summed E-state index contributed by atoms with van der Waals surface area (Å²) in [7, 11) is 1.77. The molecule has 0 unspecified atom stereocenters. The Labute approximate surface area is 145 Å². The van der Waals surface area contributed by atoms with Crippen molar-refractivity contribution in [2.24, 2.45) is 5.92 Å². The second-order valence-corrected chi connectivity index (χ2v) is 7.13. The van der Waals surface area contributed by atoms with Crippen LogP contribution < -0.4 is 5.32 Å². The molecule has 1 aliphatic rings. The van der Waals surface area contributed by atoms with E-state index in [1.165, 1.54) is 11.3 Å². The van der Waals surface area contributed by atoms with Crippen molar-refractivity contribution in [2.75, 3.05) is 13.6 Å². The number of hydrogen-bond donors (Lipinski definition) is 2. The molecule has 0 spiro atoms. The van der Waals surface area contributed by atoms with Gasteiger partial charge in [-0.25, -0.2) is 9.78 Å². The molecule has 2 aromatic rings. The van der Waals surface area contributed by atoms with Crippen LogP contribution in [0.25, 0.3) is 10.8 Å². The smallest absolute Gasteiger partial charge is 0.317 e. The molecule has 7 heteroatoms. The summed E-state index contributed by atoms with van der Waals surface area (Å²) in [4.78, 5) is 18.3. The zero-order valence-corrected chi connectivity index (χ0v) is 14.6. The Bertz CT molecular complexity index is 656. The summed E-state index contributed by atoms with van der Waals surface area (Å²) in [5.41, 5.74) is 0.811. The average molecular weight is 349 g/mol. The number of amides is 2. The molecule has 2 amide bonds. The van der Waals surface area contributed by atoms with Crippen LogP contribution in [0.3, 0.4) is 0 Å². The predicted octanol–water partition coefficient (Wildman–Crippen LogP) is 3.10. The molecule has 1 saturated carbocycles. The molecule has 1 aliphatic carbocycles. The van der Waals surface area contributed by atoms with E-state index in [9.17, 15) is 9.90 Å². The van der Waals surface area contributed by atoms with Gasteiger partial charge in [0.15, 0.2) is 10.8 Å². The summed E-state index contributed by atoms with van der Waals surface area (Å²) in [6.07, 6.45) is 5.36. The normalized spacial score (nSPS) is 20.8. The molecule has 130 valence electrons. The molecule has 3 rings (SSSR count). The van der Waals surface area contributed by atoms with Gasteiger partial charge < -0.3 is 19.7 Å². The minimum Gasteiger partial charge on any atom is -0.462 e. The first-order valence-corrected chi connectivity index (χ1v) is 9.17. The number of rotatable bonds is 5. The number of nitrogens with one attached hydrogen (secondary N) is 1. The molecule has 0 bridgehead atoms. The summed E-state index contributed by atoms with van der Waals surface area (Å²) in [5, 5.41) is 15.6. The Balaban J connectivity index is 1.48. The average Bonchev–Trinajstić information content (AvgIpc) is 3.25. The third-order valence-corrected chi connectivity index (χ3v) is 5.33. The summed E-state index contributed by atoms with van der Waals surface area (Å²) >= 11 is 1.49. The molecular weight excluding hydrogens is 326 g/mol. The Morgan fingerprint density at radius 1 is 1.50 bits per heavy atom. The molecule has 24 heavy (non-hydrogen) atoms. The van der Waals surface area contributed by atoms with E-state index in [0.29, 0.717) is 13.1 Å². The van der Waals surface area contributed by atoms with Gasteiger partial charge in [-0.3, -0.25) is 0 Å². The molecule has 2 N–H and O–H groups in total. The van der Waals surface area contributed by atoms with E-state index in [-0.39, 0.29) is 18.1 Å².